The molecule has 0 aromatic heterocycles. The number of rotatable bonds is 2. The van der Waals surface area contributed by atoms with Crippen LogP contribution >= 0.6 is 10.7 Å². The van der Waals surface area contributed by atoms with Gasteiger partial charge in [-0.15, -0.1) is 0 Å². The van der Waals surface area contributed by atoms with Gasteiger partial charge in [-0.3, -0.25) is 4.79 Å². The van der Waals surface area contributed by atoms with Gasteiger partial charge in [-0.1, -0.05) is 6.42 Å². The Hall–Kier alpha value is -0.290. The van der Waals surface area contributed by atoms with Crippen molar-refractivity contribution in [2.75, 3.05) is 7.11 Å². The minimum Gasteiger partial charge on any atom is -0.469 e. The van der Waals surface area contributed by atoms with Crippen molar-refractivity contribution in [1.82, 2.24) is 0 Å². The number of methoxy groups -OCH3 is 1. The van der Waals surface area contributed by atoms with Gasteiger partial charge in [0.2, 0.25) is 9.05 Å². The van der Waals surface area contributed by atoms with Crippen LogP contribution < -0.4 is 0 Å². The molecule has 4 atom stereocenters. The van der Waals surface area contributed by atoms with Crippen LogP contribution in [0.25, 0.3) is 0 Å². The lowest BCUT2D eigenvalue weighted by atomic mass is 9.66. The van der Waals surface area contributed by atoms with E-state index in [1.807, 2.05) is 0 Å². The second kappa shape index (κ2) is 3.63. The molecule has 15 heavy (non-hydrogen) atoms. The number of fused-ring (bicyclic) bond motifs is 1. The molecule has 0 unspecified atom stereocenters. The highest BCUT2D eigenvalue weighted by molar-refractivity contribution is 8.14. The van der Waals surface area contributed by atoms with Gasteiger partial charge in [0.05, 0.1) is 18.3 Å². The van der Waals surface area contributed by atoms with Crippen molar-refractivity contribution in [1.29, 1.82) is 0 Å². The quantitative estimate of drug-likeness (QED) is 0.546. The number of carbonyl (C=O) groups excluding carboxylic acids is 1. The van der Waals surface area contributed by atoms with Gasteiger partial charge < -0.3 is 4.74 Å². The third-order valence-corrected chi connectivity index (χ3v) is 5.57. The second-order valence-corrected chi connectivity index (χ2v) is 7.03. The molecule has 0 aliphatic heterocycles. The van der Waals surface area contributed by atoms with Crippen molar-refractivity contribution < 1.29 is 17.9 Å². The van der Waals surface area contributed by atoms with Crippen LogP contribution in [0.1, 0.15) is 19.3 Å². The molecule has 0 aromatic carbocycles. The van der Waals surface area contributed by atoms with E-state index in [2.05, 4.69) is 4.74 Å². The van der Waals surface area contributed by atoms with Crippen LogP contribution in [0.15, 0.2) is 0 Å². The fraction of sp³-hybridized carbons (Fsp3) is 0.889. The van der Waals surface area contributed by atoms with Crippen LogP contribution in [0.3, 0.4) is 0 Å². The molecule has 4 nitrogen and oxygen atoms in total. The second-order valence-electron chi connectivity index (χ2n) is 4.25. The third kappa shape index (κ3) is 1.65. The first-order valence-electron chi connectivity index (χ1n) is 4.98. The molecule has 2 fully saturated rings. The van der Waals surface area contributed by atoms with Gasteiger partial charge in [0.1, 0.15) is 0 Å². The number of carbonyl (C=O) groups is 1. The van der Waals surface area contributed by atoms with Crippen molar-refractivity contribution in [3.05, 3.63) is 0 Å². The summed E-state index contributed by atoms with van der Waals surface area (Å²) in [6.07, 6.45) is 2.74. The lowest BCUT2D eigenvalue weighted by Gasteiger charge is -2.44. The van der Waals surface area contributed by atoms with Crippen LogP contribution in [0.2, 0.25) is 0 Å². The zero-order valence-electron chi connectivity index (χ0n) is 8.35. The van der Waals surface area contributed by atoms with Crippen LogP contribution in [-0.4, -0.2) is 26.7 Å². The summed E-state index contributed by atoms with van der Waals surface area (Å²) in [4.78, 5) is 11.4. The van der Waals surface area contributed by atoms with Crippen molar-refractivity contribution >= 4 is 25.7 Å². The number of hydrogen-bond acceptors (Lipinski definition) is 4. The van der Waals surface area contributed by atoms with E-state index in [0.717, 1.165) is 19.3 Å². The summed E-state index contributed by atoms with van der Waals surface area (Å²) in [7, 11) is 2.99. The highest BCUT2D eigenvalue weighted by Crippen LogP contribution is 2.55. The van der Waals surface area contributed by atoms with E-state index >= 15 is 0 Å². The molecule has 6 heteroatoms. The van der Waals surface area contributed by atoms with Gasteiger partial charge >= 0.3 is 5.97 Å². The maximum absolute atomic E-state index is 11.4. The molecule has 2 aliphatic carbocycles. The molecule has 2 aliphatic rings. The zero-order chi connectivity index (χ0) is 11.2. The van der Waals surface area contributed by atoms with E-state index in [1.165, 1.54) is 7.11 Å². The smallest absolute Gasteiger partial charge is 0.310 e. The van der Waals surface area contributed by atoms with Crippen molar-refractivity contribution in [3.8, 4) is 0 Å². The lowest BCUT2D eigenvalue weighted by molar-refractivity contribution is -0.153. The average Bonchev–Trinajstić information content (AvgIpc) is 2.46. The Morgan fingerprint density at radius 3 is 2.47 bits per heavy atom. The van der Waals surface area contributed by atoms with E-state index < -0.39 is 26.2 Å². The maximum atomic E-state index is 11.4. The van der Waals surface area contributed by atoms with Gasteiger partial charge in [-0.25, -0.2) is 8.42 Å². The number of hydrogen-bond donors (Lipinski definition) is 0. The lowest BCUT2D eigenvalue weighted by Crippen LogP contribution is -2.55. The van der Waals surface area contributed by atoms with Crippen LogP contribution in [0, 0.1) is 17.8 Å². The van der Waals surface area contributed by atoms with E-state index in [0.29, 0.717) is 0 Å². The minimum absolute atomic E-state index is 0.0663. The number of halogens is 1. The first-order valence-corrected chi connectivity index (χ1v) is 7.35. The molecule has 0 aromatic rings. The van der Waals surface area contributed by atoms with E-state index in [1.54, 1.807) is 0 Å². The minimum atomic E-state index is -3.65. The van der Waals surface area contributed by atoms with Crippen LogP contribution in [0.5, 0.6) is 0 Å². The molecular formula is C9H13ClO4S. The number of esters is 1. The Kier molecular flexibility index (Phi) is 2.71. The topological polar surface area (TPSA) is 60.4 Å². The molecule has 86 valence electrons. The molecule has 0 radical (unpaired) electrons. The van der Waals surface area contributed by atoms with Crippen molar-refractivity contribution in [3.63, 3.8) is 0 Å². The van der Waals surface area contributed by atoms with Gasteiger partial charge in [-0.05, 0) is 24.7 Å². The molecule has 0 amide bonds. The normalized spacial score (nSPS) is 39.3. The zero-order valence-corrected chi connectivity index (χ0v) is 9.92. The first-order chi connectivity index (χ1) is 6.96. The SMILES string of the molecule is COC(=O)[C@H]1[C@@H]2CCC[C@@H]2[C@@H]1S(=O)(=O)Cl. The monoisotopic (exact) mass is 252 g/mol. The first kappa shape index (κ1) is 11.2. The third-order valence-electron chi connectivity index (χ3n) is 3.66. The Balaban J connectivity index is 2.25. The Morgan fingerprint density at radius 1 is 1.33 bits per heavy atom. The van der Waals surface area contributed by atoms with Crippen molar-refractivity contribution in [2.45, 2.75) is 24.5 Å². The molecular weight excluding hydrogens is 240 g/mol. The van der Waals surface area contributed by atoms with Crippen LogP contribution in [-0.2, 0) is 18.6 Å². The average molecular weight is 253 g/mol. The number of ether oxygens (including phenoxy) is 1. The molecule has 2 saturated carbocycles. The van der Waals surface area contributed by atoms with Gasteiger partial charge in [0.25, 0.3) is 0 Å². The highest BCUT2D eigenvalue weighted by atomic mass is 35.7. The maximum Gasteiger partial charge on any atom is 0.310 e. The molecule has 0 heterocycles. The summed E-state index contributed by atoms with van der Waals surface area (Å²) in [5.41, 5.74) is 0. The Morgan fingerprint density at radius 2 is 1.93 bits per heavy atom. The fourth-order valence-corrected chi connectivity index (χ4v) is 5.21. The molecule has 0 saturated heterocycles. The summed E-state index contributed by atoms with van der Waals surface area (Å²) in [6, 6.07) is 0. The largest absolute Gasteiger partial charge is 0.469 e. The van der Waals surface area contributed by atoms with E-state index in [9.17, 15) is 13.2 Å². The fourth-order valence-electron chi connectivity index (χ4n) is 3.06. The summed E-state index contributed by atoms with van der Waals surface area (Å²) < 4.78 is 27.3. The predicted molar refractivity (Wildman–Crippen MR) is 54.9 cm³/mol. The van der Waals surface area contributed by atoms with Crippen LogP contribution in [0.4, 0.5) is 0 Å². The van der Waals surface area contributed by atoms with Gasteiger partial charge in [0.15, 0.2) is 0 Å². The molecule has 2 rings (SSSR count). The summed E-state index contributed by atoms with van der Waals surface area (Å²) >= 11 is 0. The molecule has 0 bridgehead atoms. The highest BCUT2D eigenvalue weighted by Gasteiger charge is 2.61. The van der Waals surface area contributed by atoms with E-state index in [4.69, 9.17) is 10.7 Å². The summed E-state index contributed by atoms with van der Waals surface area (Å²) in [5.74, 6) is -0.745. The molecule has 0 spiro atoms. The standard InChI is InChI=1S/C9H13ClO4S/c1-14-9(11)7-5-3-2-4-6(5)8(7)15(10,12)13/h5-8H,2-4H2,1H3/t5-,6+,7+,8+/m1/s1. The summed E-state index contributed by atoms with van der Waals surface area (Å²) in [6.45, 7) is 0. The van der Waals surface area contributed by atoms with E-state index in [-0.39, 0.29) is 11.8 Å². The Bertz CT molecular complexity index is 378. The summed E-state index contributed by atoms with van der Waals surface area (Å²) in [5, 5.41) is -0.723. The van der Waals surface area contributed by atoms with Gasteiger partial charge in [0, 0.05) is 10.7 Å². The molecule has 0 N–H and O–H groups in total. The Labute approximate surface area is 93.4 Å². The van der Waals surface area contributed by atoms with Gasteiger partial charge in [-0.2, -0.15) is 0 Å². The van der Waals surface area contributed by atoms with Crippen molar-refractivity contribution in [2.24, 2.45) is 17.8 Å². The predicted octanol–water partition coefficient (Wildman–Crippen LogP) is 1.14.